The second kappa shape index (κ2) is 5.21. The van der Waals surface area contributed by atoms with Gasteiger partial charge >= 0.3 is 0 Å². The molecule has 0 amide bonds. The van der Waals surface area contributed by atoms with E-state index >= 15 is 0 Å². The molecule has 2 atom stereocenters. The molecule has 2 aromatic rings. The molecule has 2 unspecified atom stereocenters. The molecule has 2 aromatic heterocycles. The summed E-state index contributed by atoms with van der Waals surface area (Å²) in [7, 11) is 0. The number of anilines is 1. The zero-order valence-corrected chi connectivity index (χ0v) is 13.5. The first-order valence-corrected chi connectivity index (χ1v) is 8.89. The smallest absolute Gasteiger partial charge is 0.138 e. The summed E-state index contributed by atoms with van der Waals surface area (Å²) in [5, 5.41) is 6.99. The minimum Gasteiger partial charge on any atom is -0.365 e. The first-order valence-electron chi connectivity index (χ1n) is 8.01. The van der Waals surface area contributed by atoms with Gasteiger partial charge in [0.05, 0.1) is 5.39 Å². The summed E-state index contributed by atoms with van der Waals surface area (Å²) in [5.74, 6) is 1.98. The number of aromatic nitrogens is 2. The van der Waals surface area contributed by atoms with Crippen LogP contribution in [0.25, 0.3) is 10.2 Å². The van der Waals surface area contributed by atoms with Crippen LogP contribution < -0.4 is 5.32 Å². The molecular formula is C16H22N4S. The van der Waals surface area contributed by atoms with Crippen LogP contribution in [0, 0.1) is 0 Å². The summed E-state index contributed by atoms with van der Waals surface area (Å²) in [5.41, 5.74) is 0. The Kier molecular flexibility index (Phi) is 3.34. The van der Waals surface area contributed by atoms with Gasteiger partial charge in [-0.05, 0) is 37.6 Å². The van der Waals surface area contributed by atoms with Crippen molar-refractivity contribution >= 4 is 27.4 Å². The Morgan fingerprint density at radius 1 is 1.38 bits per heavy atom. The van der Waals surface area contributed by atoms with Crippen LogP contribution >= 0.6 is 11.3 Å². The van der Waals surface area contributed by atoms with Crippen molar-refractivity contribution < 1.29 is 0 Å². The summed E-state index contributed by atoms with van der Waals surface area (Å²) in [6.45, 7) is 5.63. The summed E-state index contributed by atoms with van der Waals surface area (Å²) in [4.78, 5) is 13.1. The van der Waals surface area contributed by atoms with Gasteiger partial charge in [0.2, 0.25) is 0 Å². The maximum Gasteiger partial charge on any atom is 0.138 e. The van der Waals surface area contributed by atoms with E-state index in [1.54, 1.807) is 11.3 Å². The maximum atomic E-state index is 4.73. The number of hydrogen-bond acceptors (Lipinski definition) is 5. The summed E-state index contributed by atoms with van der Waals surface area (Å²) in [6, 6.07) is 4.20. The van der Waals surface area contributed by atoms with Crippen molar-refractivity contribution in [3.63, 3.8) is 0 Å². The lowest BCUT2D eigenvalue weighted by Crippen LogP contribution is -2.31. The highest BCUT2D eigenvalue weighted by atomic mass is 32.1. The van der Waals surface area contributed by atoms with E-state index in [2.05, 4.69) is 40.5 Å². The van der Waals surface area contributed by atoms with E-state index in [1.165, 1.54) is 24.6 Å². The lowest BCUT2D eigenvalue weighted by atomic mass is 10.2. The largest absolute Gasteiger partial charge is 0.365 e. The number of likely N-dealkylation sites (tertiary alicyclic amines) is 1. The van der Waals surface area contributed by atoms with Crippen LogP contribution in [0.3, 0.4) is 0 Å². The Labute approximate surface area is 129 Å². The molecule has 0 spiro atoms. The Morgan fingerprint density at radius 2 is 2.24 bits per heavy atom. The first-order chi connectivity index (χ1) is 10.2. The number of rotatable bonds is 4. The van der Waals surface area contributed by atoms with E-state index in [0.29, 0.717) is 12.1 Å². The molecule has 1 aliphatic carbocycles. The highest BCUT2D eigenvalue weighted by molar-refractivity contribution is 7.16. The van der Waals surface area contributed by atoms with Crippen LogP contribution in [0.15, 0.2) is 11.4 Å². The number of nitrogens with zero attached hydrogens (tertiary/aromatic N) is 3. The number of thiophene rings is 1. The van der Waals surface area contributed by atoms with Crippen LogP contribution in [-0.2, 0) is 6.42 Å². The Balaban J connectivity index is 1.58. The van der Waals surface area contributed by atoms with Gasteiger partial charge in [-0.3, -0.25) is 4.90 Å². The van der Waals surface area contributed by atoms with Crippen LogP contribution in [0.5, 0.6) is 0 Å². The number of aryl methyl sites for hydroxylation is 1. The molecule has 21 heavy (non-hydrogen) atoms. The van der Waals surface area contributed by atoms with Gasteiger partial charge in [-0.2, -0.15) is 0 Å². The highest BCUT2D eigenvalue weighted by Gasteiger charge is 2.38. The second-order valence-corrected chi connectivity index (χ2v) is 7.23. The maximum absolute atomic E-state index is 4.73. The molecule has 4 nitrogen and oxygen atoms in total. The molecule has 1 aliphatic heterocycles. The SMILES string of the molecule is CCc1nc(NC2CC(C)N(C3CC3)C2)c2ccsc2n1. The Hall–Kier alpha value is -1.20. The molecule has 0 bridgehead atoms. The lowest BCUT2D eigenvalue weighted by Gasteiger charge is -2.20. The topological polar surface area (TPSA) is 41.1 Å². The normalized spacial score (nSPS) is 26.6. The monoisotopic (exact) mass is 302 g/mol. The van der Waals surface area contributed by atoms with Crippen LogP contribution in [0.4, 0.5) is 5.82 Å². The van der Waals surface area contributed by atoms with Gasteiger partial charge in [-0.15, -0.1) is 11.3 Å². The van der Waals surface area contributed by atoms with Gasteiger partial charge in [0.25, 0.3) is 0 Å². The summed E-state index contributed by atoms with van der Waals surface area (Å²) < 4.78 is 0. The predicted molar refractivity (Wildman–Crippen MR) is 88.0 cm³/mol. The van der Waals surface area contributed by atoms with Gasteiger partial charge in [0, 0.05) is 31.1 Å². The Bertz CT molecular complexity index is 649. The predicted octanol–water partition coefficient (Wildman–Crippen LogP) is 3.29. The fourth-order valence-electron chi connectivity index (χ4n) is 3.44. The summed E-state index contributed by atoms with van der Waals surface area (Å²) >= 11 is 1.70. The van der Waals surface area contributed by atoms with Crippen molar-refractivity contribution in [1.82, 2.24) is 14.9 Å². The molecule has 1 N–H and O–H groups in total. The molecule has 0 aromatic carbocycles. The van der Waals surface area contributed by atoms with Gasteiger partial charge in [0.15, 0.2) is 0 Å². The molecule has 1 saturated heterocycles. The van der Waals surface area contributed by atoms with Crippen LogP contribution in [-0.4, -0.2) is 39.5 Å². The molecule has 4 rings (SSSR count). The van der Waals surface area contributed by atoms with E-state index < -0.39 is 0 Å². The van der Waals surface area contributed by atoms with Gasteiger partial charge in [-0.1, -0.05) is 6.92 Å². The van der Waals surface area contributed by atoms with Crippen molar-refractivity contribution in [1.29, 1.82) is 0 Å². The van der Waals surface area contributed by atoms with Gasteiger partial charge in [-0.25, -0.2) is 9.97 Å². The molecule has 5 heteroatoms. The minimum absolute atomic E-state index is 0.517. The molecule has 2 aliphatic rings. The lowest BCUT2D eigenvalue weighted by molar-refractivity contribution is 0.257. The average Bonchev–Trinajstić information content (AvgIpc) is 3.09. The number of hydrogen-bond donors (Lipinski definition) is 1. The standard InChI is InChI=1S/C16H22N4S/c1-3-14-18-15(13-6-7-21-16(13)19-14)17-11-8-10(2)20(9-11)12-4-5-12/h6-7,10-12H,3-5,8-9H2,1-2H3,(H,17,18,19). The van der Waals surface area contributed by atoms with Crippen molar-refractivity contribution in [2.45, 2.75) is 57.7 Å². The summed E-state index contributed by atoms with van der Waals surface area (Å²) in [6.07, 6.45) is 4.88. The van der Waals surface area contributed by atoms with Crippen LogP contribution in [0.2, 0.25) is 0 Å². The van der Waals surface area contributed by atoms with Crippen molar-refractivity contribution in [3.8, 4) is 0 Å². The van der Waals surface area contributed by atoms with E-state index in [0.717, 1.165) is 35.5 Å². The van der Waals surface area contributed by atoms with Gasteiger partial charge in [0.1, 0.15) is 16.5 Å². The fraction of sp³-hybridized carbons (Fsp3) is 0.625. The van der Waals surface area contributed by atoms with E-state index in [1.807, 2.05) is 0 Å². The van der Waals surface area contributed by atoms with E-state index in [-0.39, 0.29) is 0 Å². The van der Waals surface area contributed by atoms with Crippen molar-refractivity contribution in [2.75, 3.05) is 11.9 Å². The minimum atomic E-state index is 0.517. The number of fused-ring (bicyclic) bond motifs is 1. The van der Waals surface area contributed by atoms with Crippen molar-refractivity contribution in [2.24, 2.45) is 0 Å². The van der Waals surface area contributed by atoms with Crippen molar-refractivity contribution in [3.05, 3.63) is 17.3 Å². The zero-order valence-electron chi connectivity index (χ0n) is 12.7. The zero-order chi connectivity index (χ0) is 14.4. The Morgan fingerprint density at radius 3 is 3.00 bits per heavy atom. The third-order valence-electron chi connectivity index (χ3n) is 4.67. The third-order valence-corrected chi connectivity index (χ3v) is 5.47. The van der Waals surface area contributed by atoms with Crippen LogP contribution in [0.1, 0.15) is 38.9 Å². The van der Waals surface area contributed by atoms with E-state index in [9.17, 15) is 0 Å². The second-order valence-electron chi connectivity index (χ2n) is 6.34. The number of nitrogens with one attached hydrogen (secondary N) is 1. The molecule has 0 radical (unpaired) electrons. The molecule has 1 saturated carbocycles. The quantitative estimate of drug-likeness (QED) is 0.941. The highest BCUT2D eigenvalue weighted by Crippen LogP contribution is 2.34. The molecule has 3 heterocycles. The molecular weight excluding hydrogens is 280 g/mol. The first kappa shape index (κ1) is 13.5. The van der Waals surface area contributed by atoms with Gasteiger partial charge < -0.3 is 5.32 Å². The molecule has 2 fully saturated rings. The fourth-order valence-corrected chi connectivity index (χ4v) is 4.22. The molecule has 112 valence electrons. The average molecular weight is 302 g/mol. The third kappa shape index (κ3) is 2.53. The van der Waals surface area contributed by atoms with E-state index in [4.69, 9.17) is 4.98 Å².